The highest BCUT2D eigenvalue weighted by molar-refractivity contribution is 7.89. The van der Waals surface area contributed by atoms with E-state index in [9.17, 15) is 8.42 Å². The molecule has 150 valence electrons. The van der Waals surface area contributed by atoms with Gasteiger partial charge in [-0.3, -0.25) is 4.90 Å². The Morgan fingerprint density at radius 3 is 2.52 bits per heavy atom. The third-order valence-electron chi connectivity index (χ3n) is 4.69. The van der Waals surface area contributed by atoms with E-state index < -0.39 is 10.0 Å². The molecule has 2 aromatic rings. The zero-order valence-corrected chi connectivity index (χ0v) is 18.3. The van der Waals surface area contributed by atoms with Crippen molar-refractivity contribution in [3.63, 3.8) is 0 Å². The molecule has 1 fully saturated rings. The minimum Gasteiger partial charge on any atom is -0.360 e. The monoisotopic (exact) mass is 412 g/mol. The molecule has 7 nitrogen and oxygen atoms in total. The van der Waals surface area contributed by atoms with Gasteiger partial charge < -0.3 is 4.52 Å². The molecule has 0 atom stereocenters. The van der Waals surface area contributed by atoms with Gasteiger partial charge in [0.05, 0.1) is 10.7 Å². The first kappa shape index (κ1) is 20.4. The Hall–Kier alpha value is -1.29. The van der Waals surface area contributed by atoms with Crippen molar-refractivity contribution >= 4 is 21.4 Å². The van der Waals surface area contributed by atoms with E-state index in [-0.39, 0.29) is 10.3 Å². The van der Waals surface area contributed by atoms with Gasteiger partial charge in [-0.15, -0.1) is 11.3 Å². The second-order valence-electron chi connectivity index (χ2n) is 8.08. The molecule has 0 radical (unpaired) electrons. The molecule has 0 N–H and O–H groups in total. The average Bonchev–Trinajstić information content (AvgIpc) is 3.08. The van der Waals surface area contributed by atoms with Gasteiger partial charge in [0.1, 0.15) is 10.6 Å². The molecule has 1 saturated heterocycles. The summed E-state index contributed by atoms with van der Waals surface area (Å²) in [4.78, 5) is 7.26. The van der Waals surface area contributed by atoms with Crippen molar-refractivity contribution in [2.24, 2.45) is 0 Å². The van der Waals surface area contributed by atoms with E-state index in [0.717, 1.165) is 30.2 Å². The van der Waals surface area contributed by atoms with Gasteiger partial charge in [-0.25, -0.2) is 13.4 Å². The summed E-state index contributed by atoms with van der Waals surface area (Å²) in [6, 6.07) is 0. The fraction of sp³-hybridized carbons (Fsp3) is 0.667. The normalized spacial score (nSPS) is 18.0. The number of hydrogen-bond acceptors (Lipinski definition) is 7. The lowest BCUT2D eigenvalue weighted by molar-refractivity contribution is 0.275. The van der Waals surface area contributed by atoms with Gasteiger partial charge in [0, 0.05) is 37.0 Å². The summed E-state index contributed by atoms with van der Waals surface area (Å²) in [6.45, 7) is 13.1. The average molecular weight is 413 g/mol. The van der Waals surface area contributed by atoms with Gasteiger partial charge in [-0.1, -0.05) is 25.9 Å². The molecule has 0 amide bonds. The highest BCUT2D eigenvalue weighted by Crippen LogP contribution is 2.27. The molecule has 0 aromatic carbocycles. The number of nitrogens with zero attached hydrogens (tertiary/aromatic N) is 4. The van der Waals surface area contributed by atoms with Crippen LogP contribution in [-0.2, 0) is 22.0 Å². The maximum atomic E-state index is 13.0. The number of hydrogen-bond donors (Lipinski definition) is 0. The lowest BCUT2D eigenvalue weighted by Gasteiger charge is -2.21. The van der Waals surface area contributed by atoms with Crippen LogP contribution in [0.2, 0.25) is 0 Å². The Balaban J connectivity index is 1.68. The molecule has 0 saturated carbocycles. The number of aryl methyl sites for hydroxylation is 2. The summed E-state index contributed by atoms with van der Waals surface area (Å²) < 4.78 is 32.7. The number of rotatable bonds is 4. The van der Waals surface area contributed by atoms with Crippen LogP contribution in [0.15, 0.2) is 14.8 Å². The molecule has 0 bridgehead atoms. The predicted molar refractivity (Wildman–Crippen MR) is 105 cm³/mol. The first-order valence-electron chi connectivity index (χ1n) is 9.19. The van der Waals surface area contributed by atoms with Crippen molar-refractivity contribution in [3.8, 4) is 0 Å². The van der Waals surface area contributed by atoms with Crippen LogP contribution in [-0.4, -0.2) is 53.9 Å². The molecule has 0 unspecified atom stereocenters. The molecule has 1 aliphatic heterocycles. The maximum absolute atomic E-state index is 13.0. The molecule has 9 heteroatoms. The number of aromatic nitrogens is 2. The van der Waals surface area contributed by atoms with Crippen LogP contribution in [0.5, 0.6) is 0 Å². The third kappa shape index (κ3) is 4.42. The summed E-state index contributed by atoms with van der Waals surface area (Å²) in [5.41, 5.74) is 1.54. The fourth-order valence-electron chi connectivity index (χ4n) is 3.27. The van der Waals surface area contributed by atoms with E-state index in [1.54, 1.807) is 29.5 Å². The van der Waals surface area contributed by atoms with Crippen LogP contribution < -0.4 is 0 Å². The molecule has 0 spiro atoms. The number of thiazole rings is 1. The summed E-state index contributed by atoms with van der Waals surface area (Å²) in [6.07, 6.45) is 0.791. The molecule has 0 aliphatic carbocycles. The highest BCUT2D eigenvalue weighted by atomic mass is 32.2. The zero-order chi connectivity index (χ0) is 19.8. The van der Waals surface area contributed by atoms with E-state index in [2.05, 4.69) is 36.2 Å². The van der Waals surface area contributed by atoms with E-state index >= 15 is 0 Å². The summed E-state index contributed by atoms with van der Waals surface area (Å²) in [7, 11) is -3.58. The van der Waals surface area contributed by atoms with Crippen LogP contribution in [0.1, 0.15) is 49.3 Å². The van der Waals surface area contributed by atoms with Gasteiger partial charge in [-0.2, -0.15) is 4.31 Å². The van der Waals surface area contributed by atoms with Gasteiger partial charge in [0.2, 0.25) is 10.0 Å². The SMILES string of the molecule is Cc1noc(C)c1S(=O)(=O)N1CCCN(Cc2csc(C(C)(C)C)n2)CC1. The second-order valence-corrected chi connectivity index (χ2v) is 10.8. The highest BCUT2D eigenvalue weighted by Gasteiger charge is 2.32. The predicted octanol–water partition coefficient (Wildman–Crippen LogP) is 2.94. The Kier molecular flexibility index (Phi) is 5.77. The van der Waals surface area contributed by atoms with Gasteiger partial charge in [0.25, 0.3) is 0 Å². The second kappa shape index (κ2) is 7.62. The van der Waals surface area contributed by atoms with Gasteiger partial charge in [-0.05, 0) is 26.8 Å². The first-order chi connectivity index (χ1) is 12.6. The maximum Gasteiger partial charge on any atom is 0.248 e. The minimum absolute atomic E-state index is 0.0565. The topological polar surface area (TPSA) is 79.5 Å². The Labute approximate surface area is 165 Å². The quantitative estimate of drug-likeness (QED) is 0.768. The molecule has 3 rings (SSSR count). The largest absolute Gasteiger partial charge is 0.360 e. The molecular weight excluding hydrogens is 384 g/mol. The summed E-state index contributed by atoms with van der Waals surface area (Å²) in [5, 5.41) is 7.04. The lowest BCUT2D eigenvalue weighted by atomic mass is 9.98. The van der Waals surface area contributed by atoms with Crippen LogP contribution >= 0.6 is 11.3 Å². The zero-order valence-electron chi connectivity index (χ0n) is 16.7. The van der Waals surface area contributed by atoms with Crippen LogP contribution in [0, 0.1) is 13.8 Å². The third-order valence-corrected chi connectivity index (χ3v) is 8.15. The molecular formula is C18H28N4O3S2. The van der Waals surface area contributed by atoms with Crippen molar-refractivity contribution < 1.29 is 12.9 Å². The molecule has 27 heavy (non-hydrogen) atoms. The van der Waals surface area contributed by atoms with Crippen molar-refractivity contribution in [1.82, 2.24) is 19.3 Å². The van der Waals surface area contributed by atoms with Crippen LogP contribution in [0.25, 0.3) is 0 Å². The minimum atomic E-state index is -3.58. The Bertz CT molecular complexity index is 877. The van der Waals surface area contributed by atoms with Crippen molar-refractivity contribution in [2.75, 3.05) is 26.2 Å². The summed E-state index contributed by atoms with van der Waals surface area (Å²) in [5.74, 6) is 0.353. The van der Waals surface area contributed by atoms with Crippen molar-refractivity contribution in [1.29, 1.82) is 0 Å². The molecule has 1 aliphatic rings. The number of sulfonamides is 1. The fourth-order valence-corrected chi connectivity index (χ4v) is 5.93. The standard InChI is InChI=1S/C18H28N4O3S2/c1-13-16(14(2)25-20-13)27(23,24)22-8-6-7-21(9-10-22)11-15-12-26-17(19-15)18(3,4)5/h12H,6-11H2,1-5H3. The Morgan fingerprint density at radius 2 is 1.93 bits per heavy atom. The molecule has 2 aromatic heterocycles. The van der Waals surface area contributed by atoms with Gasteiger partial charge in [0.15, 0.2) is 5.76 Å². The lowest BCUT2D eigenvalue weighted by Crippen LogP contribution is -2.35. The smallest absolute Gasteiger partial charge is 0.248 e. The van der Waals surface area contributed by atoms with E-state index in [1.807, 2.05) is 0 Å². The van der Waals surface area contributed by atoms with Crippen LogP contribution in [0.4, 0.5) is 0 Å². The molecule has 3 heterocycles. The van der Waals surface area contributed by atoms with Crippen LogP contribution in [0.3, 0.4) is 0 Å². The Morgan fingerprint density at radius 1 is 1.19 bits per heavy atom. The van der Waals surface area contributed by atoms with Crippen molar-refractivity contribution in [3.05, 3.63) is 27.5 Å². The van der Waals surface area contributed by atoms with E-state index in [4.69, 9.17) is 9.51 Å². The summed E-state index contributed by atoms with van der Waals surface area (Å²) >= 11 is 1.70. The van der Waals surface area contributed by atoms with E-state index in [0.29, 0.717) is 31.1 Å². The van der Waals surface area contributed by atoms with E-state index in [1.165, 1.54) is 0 Å². The van der Waals surface area contributed by atoms with Gasteiger partial charge >= 0.3 is 0 Å². The first-order valence-corrected chi connectivity index (χ1v) is 11.5. The van der Waals surface area contributed by atoms with Crippen molar-refractivity contribution in [2.45, 2.75) is 57.9 Å².